The van der Waals surface area contributed by atoms with Gasteiger partial charge in [-0.05, 0) is 26.0 Å². The number of rotatable bonds is 7. The Morgan fingerprint density at radius 1 is 1.22 bits per heavy atom. The van der Waals surface area contributed by atoms with Gasteiger partial charge in [-0.3, -0.25) is 0 Å². The van der Waals surface area contributed by atoms with Gasteiger partial charge in [0.05, 0.1) is 40.7 Å². The molecule has 0 saturated carbocycles. The molecule has 1 aromatic heterocycles. The van der Waals surface area contributed by atoms with Crippen molar-refractivity contribution in [3.63, 3.8) is 0 Å². The third-order valence-corrected chi connectivity index (χ3v) is 4.32. The van der Waals surface area contributed by atoms with Crippen molar-refractivity contribution in [3.05, 3.63) is 29.6 Å². The van der Waals surface area contributed by atoms with E-state index in [1.54, 1.807) is 23.0 Å². The van der Waals surface area contributed by atoms with Crippen LogP contribution in [0.5, 0.6) is 17.2 Å². The van der Waals surface area contributed by atoms with E-state index in [1.807, 2.05) is 13.8 Å². The molecule has 1 aromatic carbocycles. The smallest absolute Gasteiger partial charge is 0.203 e. The second-order valence-corrected chi connectivity index (χ2v) is 6.64. The summed E-state index contributed by atoms with van der Waals surface area (Å²) in [6.45, 7) is 4.69. The summed E-state index contributed by atoms with van der Waals surface area (Å²) in [5.74, 6) is 0.700. The minimum Gasteiger partial charge on any atom is -0.493 e. The molecule has 0 radical (unpaired) electrons. The molecule has 1 aliphatic heterocycles. The Labute approximate surface area is 157 Å². The molecule has 2 aromatic rings. The maximum Gasteiger partial charge on any atom is 0.203 e. The molecule has 2 atom stereocenters. The summed E-state index contributed by atoms with van der Waals surface area (Å²) in [4.78, 5) is 0. The van der Waals surface area contributed by atoms with Crippen molar-refractivity contribution in [3.8, 4) is 17.2 Å². The highest BCUT2D eigenvalue weighted by molar-refractivity contribution is 5.57. The van der Waals surface area contributed by atoms with Crippen LogP contribution >= 0.6 is 0 Å². The van der Waals surface area contributed by atoms with Crippen molar-refractivity contribution < 1.29 is 28.8 Å². The number of hydrogen-bond acceptors (Lipinski definition) is 8. The molecular weight excluding hydrogens is 354 g/mol. The van der Waals surface area contributed by atoms with Crippen LogP contribution in [0, 0.1) is 0 Å². The van der Waals surface area contributed by atoms with Crippen LogP contribution in [0.4, 0.5) is 0 Å². The number of aromatic nitrogens is 3. The summed E-state index contributed by atoms with van der Waals surface area (Å²) in [6, 6.07) is 3.41. The molecule has 3 rings (SSSR count). The summed E-state index contributed by atoms with van der Waals surface area (Å²) in [5, 5.41) is 19.0. The van der Waals surface area contributed by atoms with Gasteiger partial charge < -0.3 is 28.8 Å². The Morgan fingerprint density at radius 2 is 1.96 bits per heavy atom. The van der Waals surface area contributed by atoms with Crippen LogP contribution in [0.25, 0.3) is 0 Å². The number of ether oxygens (including phenoxy) is 5. The Bertz CT molecular complexity index is 791. The number of methoxy groups -OCH3 is 3. The van der Waals surface area contributed by atoms with Crippen molar-refractivity contribution in [2.75, 3.05) is 27.9 Å². The standard InChI is InChI=1S/C18H25N3O6/c1-18(2)26-10-11(27-18)8-21-9-13(19-20-21)15(22)12-6-7-14(23-3)17(25-5)16(12)24-4/h6-7,9,11,15,22H,8,10H2,1-5H3/t11-,15?/m0/s1. The molecule has 9 nitrogen and oxygen atoms in total. The van der Waals surface area contributed by atoms with E-state index in [9.17, 15) is 5.11 Å². The van der Waals surface area contributed by atoms with Gasteiger partial charge in [0, 0.05) is 5.56 Å². The van der Waals surface area contributed by atoms with Crippen molar-refractivity contribution in [1.82, 2.24) is 15.0 Å². The molecule has 0 aliphatic carbocycles. The number of aliphatic hydroxyl groups is 1. The lowest BCUT2D eigenvalue weighted by Crippen LogP contribution is -2.24. The van der Waals surface area contributed by atoms with Crippen LogP contribution in [0.1, 0.15) is 31.2 Å². The van der Waals surface area contributed by atoms with E-state index in [4.69, 9.17) is 23.7 Å². The van der Waals surface area contributed by atoms with Crippen molar-refractivity contribution >= 4 is 0 Å². The fourth-order valence-electron chi connectivity index (χ4n) is 3.09. The van der Waals surface area contributed by atoms with E-state index in [2.05, 4.69) is 10.3 Å². The molecule has 0 spiro atoms. The monoisotopic (exact) mass is 379 g/mol. The van der Waals surface area contributed by atoms with Gasteiger partial charge in [-0.2, -0.15) is 0 Å². The molecule has 2 heterocycles. The zero-order valence-corrected chi connectivity index (χ0v) is 16.1. The quantitative estimate of drug-likeness (QED) is 0.774. The molecule has 148 valence electrons. The molecule has 1 unspecified atom stereocenters. The number of benzene rings is 1. The average molecular weight is 379 g/mol. The van der Waals surface area contributed by atoms with Crippen molar-refractivity contribution in [2.45, 2.75) is 38.4 Å². The zero-order valence-electron chi connectivity index (χ0n) is 16.1. The molecule has 1 N–H and O–H groups in total. The molecule has 27 heavy (non-hydrogen) atoms. The Morgan fingerprint density at radius 3 is 2.56 bits per heavy atom. The van der Waals surface area contributed by atoms with Crippen molar-refractivity contribution in [1.29, 1.82) is 0 Å². The van der Waals surface area contributed by atoms with Crippen LogP contribution in [0.2, 0.25) is 0 Å². The Kier molecular flexibility index (Phi) is 5.54. The van der Waals surface area contributed by atoms with Gasteiger partial charge in [-0.1, -0.05) is 5.21 Å². The van der Waals surface area contributed by atoms with E-state index >= 15 is 0 Å². The maximum absolute atomic E-state index is 10.8. The van der Waals surface area contributed by atoms with Crippen LogP contribution in [0.3, 0.4) is 0 Å². The Balaban J connectivity index is 1.81. The van der Waals surface area contributed by atoms with E-state index in [1.165, 1.54) is 21.3 Å². The molecule has 1 aliphatic rings. The van der Waals surface area contributed by atoms with E-state index in [0.717, 1.165) is 0 Å². The van der Waals surface area contributed by atoms with E-state index < -0.39 is 11.9 Å². The highest BCUT2D eigenvalue weighted by atomic mass is 16.7. The second-order valence-electron chi connectivity index (χ2n) is 6.64. The minimum atomic E-state index is -1.04. The first-order chi connectivity index (χ1) is 12.9. The minimum absolute atomic E-state index is 0.123. The Hall–Kier alpha value is -2.36. The lowest BCUT2D eigenvalue weighted by atomic mass is 10.0. The molecule has 1 saturated heterocycles. The third-order valence-electron chi connectivity index (χ3n) is 4.32. The largest absolute Gasteiger partial charge is 0.493 e. The summed E-state index contributed by atoms with van der Waals surface area (Å²) in [6.07, 6.45) is 0.517. The molecule has 1 fully saturated rings. The second kappa shape index (κ2) is 7.71. The van der Waals surface area contributed by atoms with Crippen LogP contribution in [-0.2, 0) is 16.0 Å². The first kappa shape index (κ1) is 19.4. The van der Waals surface area contributed by atoms with Crippen LogP contribution < -0.4 is 14.2 Å². The first-order valence-corrected chi connectivity index (χ1v) is 8.57. The molecular formula is C18H25N3O6. The summed E-state index contributed by atoms with van der Waals surface area (Å²) >= 11 is 0. The molecule has 0 amide bonds. The lowest BCUT2D eigenvalue weighted by Gasteiger charge is -2.18. The van der Waals surface area contributed by atoms with Crippen LogP contribution in [-0.4, -0.2) is 59.9 Å². The van der Waals surface area contributed by atoms with Gasteiger partial charge in [0.25, 0.3) is 0 Å². The highest BCUT2D eigenvalue weighted by Crippen LogP contribution is 2.43. The highest BCUT2D eigenvalue weighted by Gasteiger charge is 2.33. The predicted molar refractivity (Wildman–Crippen MR) is 95.1 cm³/mol. The normalized spacial score (nSPS) is 19.7. The topological polar surface area (TPSA) is 97.1 Å². The fourth-order valence-corrected chi connectivity index (χ4v) is 3.09. The van der Waals surface area contributed by atoms with Gasteiger partial charge in [0.1, 0.15) is 17.9 Å². The maximum atomic E-state index is 10.8. The van der Waals surface area contributed by atoms with Gasteiger partial charge >= 0.3 is 0 Å². The number of nitrogens with zero attached hydrogens (tertiary/aromatic N) is 3. The third kappa shape index (κ3) is 4.00. The lowest BCUT2D eigenvalue weighted by molar-refractivity contribution is -0.139. The van der Waals surface area contributed by atoms with Gasteiger partial charge in [0.2, 0.25) is 5.75 Å². The van der Waals surface area contributed by atoms with Gasteiger partial charge in [-0.15, -0.1) is 5.10 Å². The number of hydrogen-bond donors (Lipinski definition) is 1. The summed E-state index contributed by atoms with van der Waals surface area (Å²) in [7, 11) is 4.55. The summed E-state index contributed by atoms with van der Waals surface area (Å²) < 4.78 is 29.0. The zero-order chi connectivity index (χ0) is 19.6. The fraction of sp³-hybridized carbons (Fsp3) is 0.556. The SMILES string of the molecule is COc1ccc(C(O)c2cn(C[C@H]3COC(C)(C)O3)nn2)c(OC)c1OC. The van der Waals surface area contributed by atoms with E-state index in [-0.39, 0.29) is 6.10 Å². The average Bonchev–Trinajstić information content (AvgIpc) is 3.25. The van der Waals surface area contributed by atoms with Gasteiger partial charge in [-0.25, -0.2) is 4.68 Å². The van der Waals surface area contributed by atoms with Crippen molar-refractivity contribution in [2.24, 2.45) is 0 Å². The first-order valence-electron chi connectivity index (χ1n) is 8.57. The van der Waals surface area contributed by atoms with Gasteiger partial charge in [0.15, 0.2) is 17.3 Å². The molecule has 0 bridgehead atoms. The summed E-state index contributed by atoms with van der Waals surface area (Å²) in [5.41, 5.74) is 0.891. The number of aliphatic hydroxyl groups excluding tert-OH is 1. The van der Waals surface area contributed by atoms with Crippen LogP contribution in [0.15, 0.2) is 18.3 Å². The predicted octanol–water partition coefficient (Wildman–Crippen LogP) is 1.54. The van der Waals surface area contributed by atoms with E-state index in [0.29, 0.717) is 41.7 Å². The molecule has 9 heteroatoms.